The lowest BCUT2D eigenvalue weighted by Gasteiger charge is -2.32. The van der Waals surface area contributed by atoms with Crippen LogP contribution in [0.15, 0.2) is 0 Å². The molecule has 0 saturated carbocycles. The molecule has 2 N–H and O–H groups in total. The van der Waals surface area contributed by atoms with Crippen LogP contribution < -0.4 is 5.32 Å². The molecule has 2 saturated heterocycles. The maximum absolute atomic E-state index is 12.1. The van der Waals surface area contributed by atoms with E-state index in [4.69, 9.17) is 5.11 Å². The lowest BCUT2D eigenvalue weighted by Crippen LogP contribution is -2.45. The number of carbonyl (C=O) groups excluding carboxylic acids is 1. The van der Waals surface area contributed by atoms with Crippen LogP contribution >= 0.6 is 0 Å². The lowest BCUT2D eigenvalue weighted by molar-refractivity contribution is -0.146. The van der Waals surface area contributed by atoms with Gasteiger partial charge in [0.25, 0.3) is 0 Å². The van der Waals surface area contributed by atoms with Crippen molar-refractivity contribution in [2.45, 2.75) is 19.3 Å². The molecule has 2 heterocycles. The minimum Gasteiger partial charge on any atom is -0.481 e. The molecule has 0 spiro atoms. The van der Waals surface area contributed by atoms with Gasteiger partial charge in [0.05, 0.1) is 11.8 Å². The van der Waals surface area contributed by atoms with Crippen LogP contribution in [0.2, 0.25) is 0 Å². The van der Waals surface area contributed by atoms with E-state index in [-0.39, 0.29) is 17.7 Å². The molecule has 5 nitrogen and oxygen atoms in total. The fourth-order valence-corrected chi connectivity index (χ4v) is 2.50. The van der Waals surface area contributed by atoms with Gasteiger partial charge in [-0.15, -0.1) is 0 Å². The van der Waals surface area contributed by atoms with Gasteiger partial charge in [-0.1, -0.05) is 0 Å². The maximum Gasteiger partial charge on any atom is 0.308 e. The van der Waals surface area contributed by atoms with E-state index in [0.29, 0.717) is 13.0 Å². The Bertz CT molecular complexity index is 287. The first-order chi connectivity index (χ1) is 7.68. The molecule has 0 aromatic carbocycles. The third-order valence-electron chi connectivity index (χ3n) is 3.49. The predicted octanol–water partition coefficient (Wildman–Crippen LogP) is -0.0809. The van der Waals surface area contributed by atoms with Crippen LogP contribution in [-0.4, -0.2) is 48.1 Å². The summed E-state index contributed by atoms with van der Waals surface area (Å²) in [4.78, 5) is 24.7. The van der Waals surface area contributed by atoms with E-state index in [9.17, 15) is 9.59 Å². The number of hydrogen-bond acceptors (Lipinski definition) is 3. The second-order valence-corrected chi connectivity index (χ2v) is 4.65. The quantitative estimate of drug-likeness (QED) is 0.691. The molecule has 16 heavy (non-hydrogen) atoms. The molecule has 2 aliphatic rings. The van der Waals surface area contributed by atoms with Crippen molar-refractivity contribution in [1.82, 2.24) is 10.2 Å². The highest BCUT2D eigenvalue weighted by atomic mass is 16.4. The van der Waals surface area contributed by atoms with E-state index in [0.717, 1.165) is 32.5 Å². The molecule has 0 radical (unpaired) electrons. The standard InChI is InChI=1S/C11H18N2O3/c14-10(8-3-4-12-6-8)13-5-1-2-9(7-13)11(15)16/h8-9,12H,1-7H2,(H,15,16). The molecule has 0 aromatic heterocycles. The summed E-state index contributed by atoms with van der Waals surface area (Å²) in [5.74, 6) is -0.947. The summed E-state index contributed by atoms with van der Waals surface area (Å²) >= 11 is 0. The molecule has 5 heteroatoms. The summed E-state index contributed by atoms with van der Waals surface area (Å²) in [5, 5.41) is 12.1. The largest absolute Gasteiger partial charge is 0.481 e. The number of likely N-dealkylation sites (tertiary alicyclic amines) is 1. The van der Waals surface area contributed by atoms with Gasteiger partial charge in [0.15, 0.2) is 0 Å². The van der Waals surface area contributed by atoms with Crippen molar-refractivity contribution in [3.63, 3.8) is 0 Å². The average molecular weight is 226 g/mol. The molecular weight excluding hydrogens is 208 g/mol. The van der Waals surface area contributed by atoms with Crippen molar-refractivity contribution < 1.29 is 14.7 Å². The Morgan fingerprint density at radius 1 is 1.25 bits per heavy atom. The number of piperidine rings is 1. The van der Waals surface area contributed by atoms with Crippen molar-refractivity contribution in [2.75, 3.05) is 26.2 Å². The van der Waals surface area contributed by atoms with Crippen molar-refractivity contribution in [3.8, 4) is 0 Å². The van der Waals surface area contributed by atoms with Crippen LogP contribution in [0.5, 0.6) is 0 Å². The van der Waals surface area contributed by atoms with Crippen LogP contribution in [0, 0.1) is 11.8 Å². The first-order valence-corrected chi connectivity index (χ1v) is 5.91. The zero-order chi connectivity index (χ0) is 11.5. The molecule has 2 unspecified atom stereocenters. The number of nitrogens with zero attached hydrogens (tertiary/aromatic N) is 1. The SMILES string of the molecule is O=C(O)C1CCCN(C(=O)C2CCNC2)C1. The second-order valence-electron chi connectivity index (χ2n) is 4.65. The highest BCUT2D eigenvalue weighted by Crippen LogP contribution is 2.20. The van der Waals surface area contributed by atoms with Crippen molar-refractivity contribution in [2.24, 2.45) is 11.8 Å². The zero-order valence-corrected chi connectivity index (χ0v) is 9.32. The summed E-state index contributed by atoms with van der Waals surface area (Å²) in [6.07, 6.45) is 2.39. The van der Waals surface area contributed by atoms with Gasteiger partial charge in [-0.05, 0) is 25.8 Å². The van der Waals surface area contributed by atoms with Crippen LogP contribution in [-0.2, 0) is 9.59 Å². The average Bonchev–Trinajstić information content (AvgIpc) is 2.81. The molecule has 2 fully saturated rings. The number of amides is 1. The van der Waals surface area contributed by atoms with Gasteiger partial charge in [-0.25, -0.2) is 0 Å². The number of aliphatic carboxylic acids is 1. The van der Waals surface area contributed by atoms with E-state index in [1.165, 1.54) is 0 Å². The summed E-state index contributed by atoms with van der Waals surface area (Å²) in [7, 11) is 0. The van der Waals surface area contributed by atoms with Gasteiger partial charge in [-0.3, -0.25) is 9.59 Å². The molecule has 2 aliphatic heterocycles. The highest BCUT2D eigenvalue weighted by molar-refractivity contribution is 5.80. The van der Waals surface area contributed by atoms with Gasteiger partial charge < -0.3 is 15.3 Å². The Labute approximate surface area is 94.8 Å². The lowest BCUT2D eigenvalue weighted by atomic mass is 9.96. The fraction of sp³-hybridized carbons (Fsp3) is 0.818. The molecule has 1 amide bonds. The Kier molecular flexibility index (Phi) is 3.43. The molecule has 0 aromatic rings. The number of hydrogen-bond donors (Lipinski definition) is 2. The fourth-order valence-electron chi connectivity index (χ4n) is 2.50. The molecule has 2 atom stereocenters. The maximum atomic E-state index is 12.1. The Morgan fingerprint density at radius 3 is 2.69 bits per heavy atom. The zero-order valence-electron chi connectivity index (χ0n) is 9.32. The summed E-state index contributed by atoms with van der Waals surface area (Å²) < 4.78 is 0. The van der Waals surface area contributed by atoms with Gasteiger partial charge >= 0.3 is 5.97 Å². The second kappa shape index (κ2) is 4.82. The van der Waals surface area contributed by atoms with E-state index in [1.54, 1.807) is 4.90 Å². The Hall–Kier alpha value is -1.10. The normalized spacial score (nSPS) is 30.4. The minimum absolute atomic E-state index is 0.0625. The van der Waals surface area contributed by atoms with E-state index < -0.39 is 5.97 Å². The smallest absolute Gasteiger partial charge is 0.308 e. The number of carbonyl (C=O) groups is 2. The van der Waals surface area contributed by atoms with Crippen molar-refractivity contribution >= 4 is 11.9 Å². The number of carboxylic acid groups (broad SMARTS) is 1. The molecule has 2 rings (SSSR count). The Morgan fingerprint density at radius 2 is 2.06 bits per heavy atom. The molecule has 0 aliphatic carbocycles. The highest BCUT2D eigenvalue weighted by Gasteiger charge is 2.32. The van der Waals surface area contributed by atoms with E-state index in [1.807, 2.05) is 0 Å². The summed E-state index contributed by atoms with van der Waals surface area (Å²) in [6, 6.07) is 0. The molecular formula is C11H18N2O3. The van der Waals surface area contributed by atoms with Crippen molar-refractivity contribution in [1.29, 1.82) is 0 Å². The molecule has 90 valence electrons. The van der Waals surface area contributed by atoms with Gasteiger partial charge in [0.1, 0.15) is 0 Å². The van der Waals surface area contributed by atoms with Crippen LogP contribution in [0.4, 0.5) is 0 Å². The molecule has 0 bridgehead atoms. The van der Waals surface area contributed by atoms with Gasteiger partial charge in [0.2, 0.25) is 5.91 Å². The third kappa shape index (κ3) is 2.35. The van der Waals surface area contributed by atoms with E-state index >= 15 is 0 Å². The minimum atomic E-state index is -0.776. The predicted molar refractivity (Wildman–Crippen MR) is 57.9 cm³/mol. The third-order valence-corrected chi connectivity index (χ3v) is 3.49. The first-order valence-electron chi connectivity index (χ1n) is 5.91. The summed E-state index contributed by atoms with van der Waals surface area (Å²) in [5.41, 5.74) is 0. The number of carboxylic acids is 1. The number of nitrogens with one attached hydrogen (secondary N) is 1. The topological polar surface area (TPSA) is 69.6 Å². The monoisotopic (exact) mass is 226 g/mol. The van der Waals surface area contributed by atoms with Crippen LogP contribution in [0.1, 0.15) is 19.3 Å². The first kappa shape index (κ1) is 11.4. The van der Waals surface area contributed by atoms with E-state index in [2.05, 4.69) is 5.32 Å². The summed E-state index contributed by atoms with van der Waals surface area (Å²) in [6.45, 7) is 2.75. The van der Waals surface area contributed by atoms with Crippen LogP contribution in [0.3, 0.4) is 0 Å². The van der Waals surface area contributed by atoms with Crippen molar-refractivity contribution in [3.05, 3.63) is 0 Å². The van der Waals surface area contributed by atoms with Gasteiger partial charge in [0, 0.05) is 19.6 Å². The number of rotatable bonds is 2. The van der Waals surface area contributed by atoms with Crippen LogP contribution in [0.25, 0.3) is 0 Å². The Balaban J connectivity index is 1.93. The van der Waals surface area contributed by atoms with Gasteiger partial charge in [-0.2, -0.15) is 0 Å².